The van der Waals surface area contributed by atoms with Gasteiger partial charge in [0.2, 0.25) is 0 Å². The van der Waals surface area contributed by atoms with Crippen LogP contribution in [-0.2, 0) is 6.54 Å². The average molecular weight is 276 g/mol. The van der Waals surface area contributed by atoms with E-state index in [2.05, 4.69) is 46.2 Å². The molecule has 104 valence electrons. The minimum absolute atomic E-state index is 0.866. The summed E-state index contributed by atoms with van der Waals surface area (Å²) in [5.41, 5.74) is 2.99. The smallest absolute Gasteiger partial charge is 0.0206 e. The SMILES string of the molecule is c1cc(CNCCN2CCSCC2)cc(C2CC2)c1. The van der Waals surface area contributed by atoms with Crippen molar-refractivity contribution in [1.29, 1.82) is 0 Å². The van der Waals surface area contributed by atoms with Crippen molar-refractivity contribution >= 4 is 11.8 Å². The number of hydrogen-bond donors (Lipinski definition) is 1. The quantitative estimate of drug-likeness (QED) is 0.804. The number of rotatable bonds is 6. The molecule has 1 N–H and O–H groups in total. The van der Waals surface area contributed by atoms with E-state index in [0.29, 0.717) is 0 Å². The zero-order chi connectivity index (χ0) is 12.9. The van der Waals surface area contributed by atoms with Crippen molar-refractivity contribution in [2.75, 3.05) is 37.7 Å². The summed E-state index contributed by atoms with van der Waals surface area (Å²) in [4.78, 5) is 2.57. The van der Waals surface area contributed by atoms with E-state index in [9.17, 15) is 0 Å². The van der Waals surface area contributed by atoms with E-state index in [0.717, 1.165) is 19.0 Å². The predicted molar refractivity (Wildman–Crippen MR) is 83.9 cm³/mol. The van der Waals surface area contributed by atoms with E-state index in [1.807, 2.05) is 0 Å². The third-order valence-corrected chi connectivity index (χ3v) is 4.98. The Labute approximate surface area is 121 Å². The van der Waals surface area contributed by atoms with Crippen molar-refractivity contribution in [3.05, 3.63) is 35.4 Å². The van der Waals surface area contributed by atoms with Crippen LogP contribution in [0, 0.1) is 0 Å². The molecule has 0 radical (unpaired) electrons. The van der Waals surface area contributed by atoms with Gasteiger partial charge in [0.25, 0.3) is 0 Å². The molecule has 1 aromatic rings. The zero-order valence-corrected chi connectivity index (χ0v) is 12.4. The standard InChI is InChI=1S/C16H24N2S/c1-2-14(12-16(3-1)15-4-5-15)13-17-6-7-18-8-10-19-11-9-18/h1-3,12,15,17H,4-11,13H2. The Bertz CT molecular complexity index is 397. The fourth-order valence-corrected chi connectivity index (χ4v) is 3.65. The Kier molecular flexibility index (Phi) is 4.81. The molecule has 1 aliphatic heterocycles. The monoisotopic (exact) mass is 276 g/mol. The normalized spacial score (nSPS) is 20.6. The molecule has 1 heterocycles. The molecule has 1 saturated carbocycles. The molecule has 1 saturated heterocycles. The number of nitrogens with one attached hydrogen (secondary N) is 1. The minimum Gasteiger partial charge on any atom is -0.311 e. The Hall–Kier alpha value is -0.510. The van der Waals surface area contributed by atoms with Crippen LogP contribution in [0.4, 0.5) is 0 Å². The van der Waals surface area contributed by atoms with Crippen LogP contribution in [0.3, 0.4) is 0 Å². The van der Waals surface area contributed by atoms with Crippen molar-refractivity contribution in [2.24, 2.45) is 0 Å². The molecule has 1 aliphatic carbocycles. The Morgan fingerprint density at radius 2 is 2.05 bits per heavy atom. The Morgan fingerprint density at radius 1 is 1.21 bits per heavy atom. The van der Waals surface area contributed by atoms with Crippen LogP contribution in [0.25, 0.3) is 0 Å². The topological polar surface area (TPSA) is 15.3 Å². The van der Waals surface area contributed by atoms with Crippen molar-refractivity contribution < 1.29 is 0 Å². The first-order valence-corrected chi connectivity index (χ1v) is 8.67. The van der Waals surface area contributed by atoms with Gasteiger partial charge in [-0.3, -0.25) is 0 Å². The fraction of sp³-hybridized carbons (Fsp3) is 0.625. The van der Waals surface area contributed by atoms with Gasteiger partial charge >= 0.3 is 0 Å². The van der Waals surface area contributed by atoms with Crippen LogP contribution in [-0.4, -0.2) is 42.6 Å². The fourth-order valence-electron chi connectivity index (χ4n) is 2.67. The summed E-state index contributed by atoms with van der Waals surface area (Å²) in [6, 6.07) is 9.14. The van der Waals surface area contributed by atoms with Crippen LogP contribution < -0.4 is 5.32 Å². The Balaban J connectivity index is 1.38. The Morgan fingerprint density at radius 3 is 2.84 bits per heavy atom. The highest BCUT2D eigenvalue weighted by atomic mass is 32.2. The summed E-state index contributed by atoms with van der Waals surface area (Å²) in [7, 11) is 0. The van der Waals surface area contributed by atoms with Gasteiger partial charge in [-0.2, -0.15) is 11.8 Å². The molecule has 0 amide bonds. The van der Waals surface area contributed by atoms with E-state index in [1.165, 1.54) is 49.5 Å². The zero-order valence-electron chi connectivity index (χ0n) is 11.6. The summed E-state index contributed by atoms with van der Waals surface area (Å²) in [5, 5.41) is 3.59. The molecule has 3 heteroatoms. The number of hydrogen-bond acceptors (Lipinski definition) is 3. The second-order valence-corrected chi connectivity index (χ2v) is 6.87. The van der Waals surface area contributed by atoms with E-state index in [4.69, 9.17) is 0 Å². The summed E-state index contributed by atoms with van der Waals surface area (Å²) in [6.07, 6.45) is 2.79. The van der Waals surface area contributed by atoms with Crippen LogP contribution >= 0.6 is 11.8 Å². The lowest BCUT2D eigenvalue weighted by molar-refractivity contribution is 0.301. The highest BCUT2D eigenvalue weighted by Gasteiger charge is 2.23. The number of thioether (sulfide) groups is 1. The number of benzene rings is 1. The third-order valence-electron chi connectivity index (χ3n) is 4.04. The summed E-state index contributed by atoms with van der Waals surface area (Å²) >= 11 is 2.08. The van der Waals surface area contributed by atoms with Gasteiger partial charge in [0.05, 0.1) is 0 Å². The second-order valence-electron chi connectivity index (χ2n) is 5.65. The van der Waals surface area contributed by atoms with E-state index in [-0.39, 0.29) is 0 Å². The van der Waals surface area contributed by atoms with Crippen LogP contribution in [0.5, 0.6) is 0 Å². The molecule has 0 atom stereocenters. The molecule has 0 aromatic heterocycles. The molecule has 1 aromatic carbocycles. The van der Waals surface area contributed by atoms with Crippen molar-refractivity contribution in [1.82, 2.24) is 10.2 Å². The van der Waals surface area contributed by atoms with Crippen LogP contribution in [0.2, 0.25) is 0 Å². The lowest BCUT2D eigenvalue weighted by atomic mass is 10.1. The first-order chi connectivity index (χ1) is 9.42. The maximum absolute atomic E-state index is 3.59. The lowest BCUT2D eigenvalue weighted by Crippen LogP contribution is -2.37. The van der Waals surface area contributed by atoms with Gasteiger partial charge < -0.3 is 10.2 Å². The van der Waals surface area contributed by atoms with Crippen LogP contribution in [0.15, 0.2) is 24.3 Å². The van der Waals surface area contributed by atoms with Gasteiger partial charge in [0.1, 0.15) is 0 Å². The molecule has 19 heavy (non-hydrogen) atoms. The lowest BCUT2D eigenvalue weighted by Gasteiger charge is -2.26. The molecular formula is C16H24N2S. The van der Waals surface area contributed by atoms with Crippen molar-refractivity contribution in [3.8, 4) is 0 Å². The van der Waals surface area contributed by atoms with E-state index >= 15 is 0 Å². The molecule has 2 fully saturated rings. The first kappa shape index (κ1) is 13.5. The molecule has 3 rings (SSSR count). The molecule has 0 bridgehead atoms. The van der Waals surface area contributed by atoms with Gasteiger partial charge in [0, 0.05) is 44.2 Å². The molecule has 0 unspecified atom stereocenters. The maximum atomic E-state index is 3.59. The van der Waals surface area contributed by atoms with Gasteiger partial charge in [0.15, 0.2) is 0 Å². The van der Waals surface area contributed by atoms with Gasteiger partial charge in [-0.05, 0) is 29.9 Å². The molecule has 2 nitrogen and oxygen atoms in total. The van der Waals surface area contributed by atoms with Gasteiger partial charge in [-0.1, -0.05) is 24.3 Å². The second kappa shape index (κ2) is 6.78. The summed E-state index contributed by atoms with van der Waals surface area (Å²) in [6.45, 7) is 5.86. The van der Waals surface area contributed by atoms with E-state index < -0.39 is 0 Å². The maximum Gasteiger partial charge on any atom is 0.0206 e. The molecule has 0 spiro atoms. The third kappa shape index (κ3) is 4.23. The average Bonchev–Trinajstić information content (AvgIpc) is 3.30. The van der Waals surface area contributed by atoms with E-state index in [1.54, 1.807) is 5.56 Å². The highest BCUT2D eigenvalue weighted by Crippen LogP contribution is 2.40. The number of nitrogens with zero attached hydrogens (tertiary/aromatic N) is 1. The van der Waals surface area contributed by atoms with Gasteiger partial charge in [-0.15, -0.1) is 0 Å². The summed E-state index contributed by atoms with van der Waals surface area (Å²) in [5.74, 6) is 3.48. The largest absolute Gasteiger partial charge is 0.311 e. The van der Waals surface area contributed by atoms with Crippen LogP contribution in [0.1, 0.15) is 29.9 Å². The van der Waals surface area contributed by atoms with Gasteiger partial charge in [-0.25, -0.2) is 0 Å². The highest BCUT2D eigenvalue weighted by molar-refractivity contribution is 7.99. The summed E-state index contributed by atoms with van der Waals surface area (Å²) < 4.78 is 0. The first-order valence-electron chi connectivity index (χ1n) is 7.51. The minimum atomic E-state index is 0.866. The van der Waals surface area contributed by atoms with Crippen molar-refractivity contribution in [3.63, 3.8) is 0 Å². The molecule has 2 aliphatic rings. The molecular weight excluding hydrogens is 252 g/mol. The predicted octanol–water partition coefficient (Wildman–Crippen LogP) is 2.70. The van der Waals surface area contributed by atoms with Crippen molar-refractivity contribution in [2.45, 2.75) is 25.3 Å².